The van der Waals surface area contributed by atoms with Crippen LogP contribution in [0.2, 0.25) is 0 Å². The summed E-state index contributed by atoms with van der Waals surface area (Å²) in [6, 6.07) is 14.5. The maximum Gasteiger partial charge on any atom is 0.243 e. The van der Waals surface area contributed by atoms with Gasteiger partial charge in [-0.1, -0.05) is 24.3 Å². The van der Waals surface area contributed by atoms with Gasteiger partial charge in [-0.3, -0.25) is 4.79 Å². The lowest BCUT2D eigenvalue weighted by Gasteiger charge is -2.26. The van der Waals surface area contributed by atoms with Gasteiger partial charge in [0.2, 0.25) is 15.9 Å². The molecule has 180 valence electrons. The highest BCUT2D eigenvalue weighted by atomic mass is 32.2. The number of nitrogens with one attached hydrogen (secondary N) is 1. The smallest absolute Gasteiger partial charge is 0.243 e. The first-order valence-corrected chi connectivity index (χ1v) is 12.6. The Hall–Kier alpha value is -2.46. The molecule has 3 rings (SSSR count). The Kier molecular flexibility index (Phi) is 9.25. The second kappa shape index (κ2) is 12.1. The minimum absolute atomic E-state index is 0.0497. The quantitative estimate of drug-likeness (QED) is 0.534. The van der Waals surface area contributed by atoms with Gasteiger partial charge in [0.1, 0.15) is 12.4 Å². The van der Waals surface area contributed by atoms with Crippen LogP contribution in [0.1, 0.15) is 17.5 Å². The molecular formula is C24H33N3O5S. The van der Waals surface area contributed by atoms with Crippen LogP contribution in [0.4, 0.5) is 0 Å². The van der Waals surface area contributed by atoms with Crippen molar-refractivity contribution >= 4 is 15.9 Å². The molecule has 2 aromatic rings. The van der Waals surface area contributed by atoms with Gasteiger partial charge >= 0.3 is 0 Å². The lowest BCUT2D eigenvalue weighted by atomic mass is 10.1. The van der Waals surface area contributed by atoms with Crippen LogP contribution < -0.4 is 10.1 Å². The molecule has 8 nitrogen and oxygen atoms in total. The molecule has 1 amide bonds. The summed E-state index contributed by atoms with van der Waals surface area (Å²) in [5.74, 6) is 0.761. The van der Waals surface area contributed by atoms with Crippen LogP contribution in [0.15, 0.2) is 53.4 Å². The molecule has 0 aliphatic carbocycles. The van der Waals surface area contributed by atoms with Crippen molar-refractivity contribution in [2.75, 3.05) is 53.6 Å². The zero-order valence-corrected chi connectivity index (χ0v) is 20.1. The van der Waals surface area contributed by atoms with Gasteiger partial charge in [-0.15, -0.1) is 0 Å². The molecule has 0 atom stereocenters. The summed E-state index contributed by atoms with van der Waals surface area (Å²) in [6.45, 7) is 3.51. The van der Waals surface area contributed by atoms with Gasteiger partial charge in [-0.05, 0) is 55.9 Å². The lowest BCUT2D eigenvalue weighted by Crippen LogP contribution is -2.40. The predicted octanol–water partition coefficient (Wildman–Crippen LogP) is 1.90. The molecule has 2 aromatic carbocycles. The number of carbonyl (C=O) groups is 1. The molecule has 0 bridgehead atoms. The fourth-order valence-electron chi connectivity index (χ4n) is 3.36. The number of likely N-dealkylation sites (N-methyl/N-ethyl adjacent to an activating group) is 1. The highest BCUT2D eigenvalue weighted by Crippen LogP contribution is 2.18. The Balaban J connectivity index is 1.41. The highest BCUT2D eigenvalue weighted by Gasteiger charge is 2.26. The Morgan fingerprint density at radius 3 is 2.30 bits per heavy atom. The normalized spacial score (nSPS) is 14.9. The standard InChI is InChI=1S/C24H33N3O5S/c1-26(2)13-18-32-22-8-3-21(4-9-22)19-25-24(28)12-7-20-5-10-23(11-6-20)33(29,30)27-14-16-31-17-15-27/h3-6,8-11H,7,12-19H2,1-2H3,(H,25,28). The van der Waals surface area contributed by atoms with Gasteiger partial charge in [0.25, 0.3) is 0 Å². The number of hydrogen-bond donors (Lipinski definition) is 1. The number of sulfonamides is 1. The summed E-state index contributed by atoms with van der Waals surface area (Å²) in [5.41, 5.74) is 1.92. The molecule has 1 aliphatic rings. The van der Waals surface area contributed by atoms with Crippen LogP contribution in [0.3, 0.4) is 0 Å². The summed E-state index contributed by atoms with van der Waals surface area (Å²) < 4.78 is 37.7. The molecule has 0 radical (unpaired) electrons. The average molecular weight is 476 g/mol. The second-order valence-electron chi connectivity index (χ2n) is 8.23. The molecule has 1 fully saturated rings. The first-order chi connectivity index (χ1) is 15.8. The van der Waals surface area contributed by atoms with Gasteiger partial charge in [0, 0.05) is 32.6 Å². The van der Waals surface area contributed by atoms with Crippen LogP contribution in [0, 0.1) is 0 Å². The van der Waals surface area contributed by atoms with Crippen molar-refractivity contribution in [3.05, 3.63) is 59.7 Å². The fourth-order valence-corrected chi connectivity index (χ4v) is 4.77. The number of nitrogens with zero attached hydrogens (tertiary/aromatic N) is 2. The maximum atomic E-state index is 12.7. The number of hydrogen-bond acceptors (Lipinski definition) is 6. The fraction of sp³-hybridized carbons (Fsp3) is 0.458. The number of morpholine rings is 1. The van der Waals surface area contributed by atoms with Crippen molar-refractivity contribution in [3.8, 4) is 5.75 Å². The molecule has 1 N–H and O–H groups in total. The summed E-state index contributed by atoms with van der Waals surface area (Å²) in [6.07, 6.45) is 0.879. The Morgan fingerprint density at radius 2 is 1.67 bits per heavy atom. The summed E-state index contributed by atoms with van der Waals surface area (Å²) >= 11 is 0. The summed E-state index contributed by atoms with van der Waals surface area (Å²) in [7, 11) is 0.504. The van der Waals surface area contributed by atoms with E-state index in [0.29, 0.717) is 52.3 Å². The number of benzene rings is 2. The third-order valence-electron chi connectivity index (χ3n) is 5.39. The molecule has 33 heavy (non-hydrogen) atoms. The van der Waals surface area contributed by atoms with Gasteiger partial charge in [0.15, 0.2) is 0 Å². The zero-order valence-electron chi connectivity index (χ0n) is 19.3. The number of carbonyl (C=O) groups excluding carboxylic acids is 1. The molecule has 0 spiro atoms. The van der Waals surface area contributed by atoms with Crippen LogP contribution in [0.5, 0.6) is 5.75 Å². The summed E-state index contributed by atoms with van der Waals surface area (Å²) in [4.78, 5) is 14.6. The summed E-state index contributed by atoms with van der Waals surface area (Å²) in [5, 5.41) is 2.92. The average Bonchev–Trinajstić information content (AvgIpc) is 2.83. The van der Waals surface area contributed by atoms with E-state index in [2.05, 4.69) is 10.2 Å². The van der Waals surface area contributed by atoms with Gasteiger partial charge in [-0.2, -0.15) is 4.31 Å². The Labute approximate surface area is 196 Å². The third kappa shape index (κ3) is 7.82. The van der Waals surface area contributed by atoms with Crippen molar-refractivity contribution < 1.29 is 22.7 Å². The van der Waals surface area contributed by atoms with E-state index in [1.54, 1.807) is 24.3 Å². The van der Waals surface area contributed by atoms with E-state index < -0.39 is 10.0 Å². The molecule has 1 aliphatic heterocycles. The number of amides is 1. The Bertz CT molecular complexity index is 986. The first kappa shape index (κ1) is 25.2. The predicted molar refractivity (Wildman–Crippen MR) is 127 cm³/mol. The van der Waals surface area contributed by atoms with E-state index in [0.717, 1.165) is 23.4 Å². The molecule has 1 heterocycles. The second-order valence-corrected chi connectivity index (χ2v) is 10.2. The molecule has 9 heteroatoms. The number of rotatable bonds is 11. The van der Waals surface area contributed by atoms with Crippen molar-refractivity contribution in [3.63, 3.8) is 0 Å². The van der Waals surface area contributed by atoms with E-state index in [1.165, 1.54) is 4.31 Å². The zero-order chi connectivity index (χ0) is 23.7. The number of ether oxygens (including phenoxy) is 2. The van der Waals surface area contributed by atoms with Crippen molar-refractivity contribution in [1.29, 1.82) is 0 Å². The topological polar surface area (TPSA) is 88.2 Å². The van der Waals surface area contributed by atoms with E-state index in [9.17, 15) is 13.2 Å². The van der Waals surface area contributed by atoms with E-state index in [1.807, 2.05) is 38.4 Å². The van der Waals surface area contributed by atoms with Crippen molar-refractivity contribution in [2.45, 2.75) is 24.3 Å². The minimum Gasteiger partial charge on any atom is -0.492 e. The van der Waals surface area contributed by atoms with Gasteiger partial charge in [0.05, 0.1) is 18.1 Å². The molecule has 0 aromatic heterocycles. The van der Waals surface area contributed by atoms with Crippen LogP contribution in [-0.4, -0.2) is 77.1 Å². The van der Waals surface area contributed by atoms with E-state index in [-0.39, 0.29) is 10.8 Å². The molecular weight excluding hydrogens is 442 g/mol. The van der Waals surface area contributed by atoms with Gasteiger partial charge in [-0.25, -0.2) is 8.42 Å². The van der Waals surface area contributed by atoms with Crippen molar-refractivity contribution in [2.24, 2.45) is 0 Å². The SMILES string of the molecule is CN(C)CCOc1ccc(CNC(=O)CCc2ccc(S(=O)(=O)N3CCOCC3)cc2)cc1. The van der Waals surface area contributed by atoms with E-state index in [4.69, 9.17) is 9.47 Å². The lowest BCUT2D eigenvalue weighted by molar-refractivity contribution is -0.121. The number of aryl methyl sites for hydroxylation is 1. The molecule has 0 unspecified atom stereocenters. The third-order valence-corrected chi connectivity index (χ3v) is 7.31. The molecule has 1 saturated heterocycles. The van der Waals surface area contributed by atoms with Gasteiger partial charge < -0.3 is 19.7 Å². The van der Waals surface area contributed by atoms with Crippen molar-refractivity contribution in [1.82, 2.24) is 14.5 Å². The monoisotopic (exact) mass is 475 g/mol. The van der Waals surface area contributed by atoms with Crippen LogP contribution in [0.25, 0.3) is 0 Å². The Morgan fingerprint density at radius 1 is 1.03 bits per heavy atom. The largest absolute Gasteiger partial charge is 0.492 e. The molecule has 0 saturated carbocycles. The first-order valence-electron chi connectivity index (χ1n) is 11.1. The minimum atomic E-state index is -3.50. The van der Waals surface area contributed by atoms with Crippen LogP contribution in [-0.2, 0) is 32.5 Å². The van der Waals surface area contributed by atoms with Crippen LogP contribution >= 0.6 is 0 Å². The highest BCUT2D eigenvalue weighted by molar-refractivity contribution is 7.89. The maximum absolute atomic E-state index is 12.7. The van der Waals surface area contributed by atoms with E-state index >= 15 is 0 Å².